The van der Waals surface area contributed by atoms with Gasteiger partial charge in [0.25, 0.3) is 5.91 Å². The molecule has 0 radical (unpaired) electrons. The second kappa shape index (κ2) is 8.20. The summed E-state index contributed by atoms with van der Waals surface area (Å²) in [6, 6.07) is 16.2. The molecule has 0 atom stereocenters. The van der Waals surface area contributed by atoms with Gasteiger partial charge in [0.15, 0.2) is 12.4 Å². The average molecular weight is 409 g/mol. The van der Waals surface area contributed by atoms with Crippen LogP contribution in [0.5, 0.6) is 11.5 Å². The molecule has 0 aliphatic carbocycles. The Balaban J connectivity index is 1.42. The van der Waals surface area contributed by atoms with Crippen molar-refractivity contribution in [3.8, 4) is 11.5 Å². The van der Waals surface area contributed by atoms with Crippen molar-refractivity contribution in [2.24, 2.45) is 0 Å². The molecule has 2 aromatic heterocycles. The van der Waals surface area contributed by atoms with Crippen molar-refractivity contribution in [2.75, 3.05) is 12.4 Å². The number of ether oxygens (including phenoxy) is 2. The van der Waals surface area contributed by atoms with Crippen LogP contribution < -0.4 is 14.8 Å². The molecule has 146 valence electrons. The van der Waals surface area contributed by atoms with Gasteiger partial charge in [0, 0.05) is 17.6 Å². The number of anilines is 1. The summed E-state index contributed by atoms with van der Waals surface area (Å²) >= 11 is 6.06. The third-order valence-electron chi connectivity index (χ3n) is 4.21. The van der Waals surface area contributed by atoms with Crippen LogP contribution in [-0.2, 0) is 6.73 Å². The number of fused-ring (bicyclic) bond motifs is 1. The van der Waals surface area contributed by atoms with Crippen LogP contribution >= 0.6 is 11.6 Å². The molecule has 0 bridgehead atoms. The number of benzene rings is 2. The molecule has 8 heteroatoms. The third-order valence-corrected chi connectivity index (χ3v) is 4.52. The minimum Gasteiger partial charge on any atom is -0.497 e. The van der Waals surface area contributed by atoms with Crippen molar-refractivity contribution in [3.05, 3.63) is 77.7 Å². The molecule has 0 saturated heterocycles. The number of para-hydroxylation sites is 1. The first kappa shape index (κ1) is 18.8. The molecule has 0 aliphatic heterocycles. The number of hydrogen-bond acceptors (Lipinski definition) is 5. The number of amides is 1. The second-order valence-corrected chi connectivity index (χ2v) is 6.59. The largest absolute Gasteiger partial charge is 0.497 e. The zero-order valence-electron chi connectivity index (χ0n) is 15.5. The summed E-state index contributed by atoms with van der Waals surface area (Å²) in [5, 5.41) is 8.44. The Morgan fingerprint density at radius 3 is 2.86 bits per heavy atom. The van der Waals surface area contributed by atoms with Crippen LogP contribution in [0.25, 0.3) is 10.9 Å². The lowest BCUT2D eigenvalue weighted by Gasteiger charge is -2.07. The predicted molar refractivity (Wildman–Crippen MR) is 111 cm³/mol. The zero-order valence-corrected chi connectivity index (χ0v) is 16.3. The quantitative estimate of drug-likeness (QED) is 0.512. The highest BCUT2D eigenvalue weighted by atomic mass is 35.5. The van der Waals surface area contributed by atoms with Crippen LogP contribution in [0.2, 0.25) is 5.02 Å². The predicted octanol–water partition coefficient (Wildman–Crippen LogP) is 4.38. The van der Waals surface area contributed by atoms with E-state index in [4.69, 9.17) is 21.1 Å². The van der Waals surface area contributed by atoms with E-state index in [0.717, 1.165) is 16.7 Å². The Bertz CT molecular complexity index is 1180. The Kier molecular flexibility index (Phi) is 5.31. The number of nitrogens with one attached hydrogen (secondary N) is 1. The lowest BCUT2D eigenvalue weighted by Crippen LogP contribution is -2.14. The summed E-state index contributed by atoms with van der Waals surface area (Å²) in [7, 11) is 1.61. The Morgan fingerprint density at radius 2 is 2.03 bits per heavy atom. The Labute approximate surface area is 171 Å². The van der Waals surface area contributed by atoms with E-state index in [9.17, 15) is 4.79 Å². The van der Waals surface area contributed by atoms with Gasteiger partial charge in [-0.25, -0.2) is 4.68 Å². The maximum Gasteiger partial charge on any atom is 0.276 e. The van der Waals surface area contributed by atoms with E-state index in [1.807, 2.05) is 36.4 Å². The molecule has 29 heavy (non-hydrogen) atoms. The molecule has 4 rings (SSSR count). The van der Waals surface area contributed by atoms with Crippen molar-refractivity contribution >= 4 is 34.1 Å². The molecule has 2 aromatic carbocycles. The maximum absolute atomic E-state index is 12.5. The van der Waals surface area contributed by atoms with E-state index < -0.39 is 0 Å². The van der Waals surface area contributed by atoms with E-state index in [0.29, 0.717) is 16.5 Å². The van der Waals surface area contributed by atoms with Crippen LogP contribution in [-0.4, -0.2) is 27.8 Å². The van der Waals surface area contributed by atoms with Gasteiger partial charge in [0.05, 0.1) is 29.5 Å². The number of rotatable bonds is 6. The van der Waals surface area contributed by atoms with Gasteiger partial charge >= 0.3 is 0 Å². The number of carbonyl (C=O) groups excluding carboxylic acids is 1. The minimum atomic E-state index is -0.337. The zero-order chi connectivity index (χ0) is 20.2. The van der Waals surface area contributed by atoms with E-state index in [-0.39, 0.29) is 18.3 Å². The molecule has 0 spiro atoms. The van der Waals surface area contributed by atoms with Crippen LogP contribution in [0.4, 0.5) is 5.69 Å². The lowest BCUT2D eigenvalue weighted by molar-refractivity contribution is 0.102. The van der Waals surface area contributed by atoms with Gasteiger partial charge in [-0.3, -0.25) is 9.78 Å². The molecule has 0 unspecified atom stereocenters. The van der Waals surface area contributed by atoms with Crippen molar-refractivity contribution in [1.29, 1.82) is 0 Å². The molecular weight excluding hydrogens is 392 g/mol. The number of nitrogens with zero attached hydrogens (tertiary/aromatic N) is 3. The van der Waals surface area contributed by atoms with Crippen molar-refractivity contribution in [2.45, 2.75) is 6.73 Å². The number of pyridine rings is 1. The van der Waals surface area contributed by atoms with Crippen LogP contribution in [0.3, 0.4) is 0 Å². The number of hydrogen-bond donors (Lipinski definition) is 1. The smallest absolute Gasteiger partial charge is 0.276 e. The van der Waals surface area contributed by atoms with E-state index >= 15 is 0 Å². The Hall–Kier alpha value is -3.58. The summed E-state index contributed by atoms with van der Waals surface area (Å²) < 4.78 is 12.3. The first-order chi connectivity index (χ1) is 14.1. The first-order valence-electron chi connectivity index (χ1n) is 8.78. The van der Waals surface area contributed by atoms with E-state index in [1.54, 1.807) is 37.7 Å². The highest BCUT2D eigenvalue weighted by Crippen LogP contribution is 2.24. The van der Waals surface area contributed by atoms with Gasteiger partial charge in [-0.15, -0.1) is 0 Å². The highest BCUT2D eigenvalue weighted by molar-refractivity contribution is 6.32. The third kappa shape index (κ3) is 4.30. The van der Waals surface area contributed by atoms with Crippen LogP contribution in [0.15, 0.2) is 67.0 Å². The molecule has 0 fully saturated rings. The fraction of sp³-hybridized carbons (Fsp3) is 0.0952. The van der Waals surface area contributed by atoms with Gasteiger partial charge in [-0.05, 0) is 36.4 Å². The summed E-state index contributed by atoms with van der Waals surface area (Å²) in [5.74, 6) is 0.942. The topological polar surface area (TPSA) is 78.3 Å². The van der Waals surface area contributed by atoms with Gasteiger partial charge in [0.2, 0.25) is 0 Å². The average Bonchev–Trinajstić information content (AvgIpc) is 3.22. The van der Waals surface area contributed by atoms with Gasteiger partial charge in [0.1, 0.15) is 11.5 Å². The number of aromatic nitrogens is 3. The van der Waals surface area contributed by atoms with Gasteiger partial charge in [-0.1, -0.05) is 23.7 Å². The van der Waals surface area contributed by atoms with Crippen LogP contribution in [0.1, 0.15) is 10.5 Å². The molecular formula is C21H17ClN4O3. The van der Waals surface area contributed by atoms with Crippen LogP contribution in [0, 0.1) is 0 Å². The summed E-state index contributed by atoms with van der Waals surface area (Å²) in [4.78, 5) is 16.9. The monoisotopic (exact) mass is 408 g/mol. The maximum atomic E-state index is 12.5. The van der Waals surface area contributed by atoms with Crippen molar-refractivity contribution in [1.82, 2.24) is 14.8 Å². The molecule has 2 heterocycles. The summed E-state index contributed by atoms with van der Waals surface area (Å²) in [6.07, 6.45) is 3.26. The van der Waals surface area contributed by atoms with E-state index in [2.05, 4.69) is 15.4 Å². The summed E-state index contributed by atoms with van der Waals surface area (Å²) in [5.41, 5.74) is 1.63. The fourth-order valence-corrected chi connectivity index (χ4v) is 2.93. The van der Waals surface area contributed by atoms with E-state index in [1.165, 1.54) is 4.68 Å². The molecule has 7 nitrogen and oxygen atoms in total. The molecule has 0 aliphatic rings. The normalized spacial score (nSPS) is 10.7. The highest BCUT2D eigenvalue weighted by Gasteiger charge is 2.11. The second-order valence-electron chi connectivity index (χ2n) is 6.18. The molecule has 0 saturated carbocycles. The fourth-order valence-electron chi connectivity index (χ4n) is 2.74. The number of methoxy groups -OCH3 is 1. The summed E-state index contributed by atoms with van der Waals surface area (Å²) in [6.45, 7) is 0.135. The first-order valence-corrected chi connectivity index (χ1v) is 9.16. The number of carbonyl (C=O) groups is 1. The SMILES string of the molecule is COc1ccc2cc(NC(=O)c3ccn(COc4ccccc4Cl)n3)cnc2c1. The Morgan fingerprint density at radius 1 is 1.17 bits per heavy atom. The van der Waals surface area contributed by atoms with Gasteiger partial charge < -0.3 is 14.8 Å². The molecule has 4 aromatic rings. The number of halogens is 1. The standard InChI is InChI=1S/C21H17ClN4O3/c1-28-16-7-6-14-10-15(12-23-19(14)11-16)24-21(27)18-8-9-26(25-18)13-29-20-5-3-2-4-17(20)22/h2-12H,13H2,1H3,(H,24,27). The van der Waals surface area contributed by atoms with Gasteiger partial charge in [-0.2, -0.15) is 5.10 Å². The van der Waals surface area contributed by atoms with Crippen molar-refractivity contribution < 1.29 is 14.3 Å². The molecule has 1 N–H and O–H groups in total. The molecule has 1 amide bonds. The minimum absolute atomic E-state index is 0.135. The van der Waals surface area contributed by atoms with Crippen molar-refractivity contribution in [3.63, 3.8) is 0 Å². The lowest BCUT2D eigenvalue weighted by atomic mass is 10.2.